The zero-order valence-electron chi connectivity index (χ0n) is 10.0. The van der Waals surface area contributed by atoms with E-state index in [9.17, 15) is 17.6 Å². The van der Waals surface area contributed by atoms with Crippen LogP contribution in [-0.4, -0.2) is 38.8 Å². The molecule has 0 aromatic heterocycles. The molecule has 0 atom stereocenters. The van der Waals surface area contributed by atoms with Crippen LogP contribution in [0.3, 0.4) is 0 Å². The van der Waals surface area contributed by atoms with Crippen molar-refractivity contribution in [3.8, 4) is 0 Å². The first-order valence-electron chi connectivity index (χ1n) is 5.65. The van der Waals surface area contributed by atoms with E-state index in [0.29, 0.717) is 24.3 Å². The van der Waals surface area contributed by atoms with E-state index >= 15 is 0 Å². The molecule has 0 N–H and O–H groups in total. The van der Waals surface area contributed by atoms with E-state index in [1.54, 1.807) is 11.0 Å². The summed E-state index contributed by atoms with van der Waals surface area (Å²) in [4.78, 5) is 12.8. The predicted molar refractivity (Wildman–Crippen MR) is 67.3 cm³/mol. The Morgan fingerprint density at radius 1 is 1.28 bits per heavy atom. The number of hydrogen-bond acceptors (Lipinski definition) is 4. The lowest BCUT2D eigenvalue weighted by Gasteiger charge is -2.29. The van der Waals surface area contributed by atoms with Crippen LogP contribution in [-0.2, 0) is 9.84 Å². The Labute approximate surface area is 105 Å². The molecule has 1 aromatic carbocycles. The van der Waals surface area contributed by atoms with E-state index in [-0.39, 0.29) is 17.3 Å². The minimum atomic E-state index is -2.98. The molecule has 1 fully saturated rings. The second kappa shape index (κ2) is 4.68. The van der Waals surface area contributed by atoms with E-state index < -0.39 is 15.7 Å². The molecule has 98 valence electrons. The molecule has 1 aliphatic rings. The molecule has 2 rings (SSSR count). The minimum absolute atomic E-state index is 0.0426. The van der Waals surface area contributed by atoms with Crippen LogP contribution in [0, 0.1) is 5.82 Å². The number of carbonyl (C=O) groups excluding carboxylic acids is 1. The van der Waals surface area contributed by atoms with Crippen LogP contribution < -0.4 is 4.90 Å². The van der Waals surface area contributed by atoms with E-state index in [0.717, 1.165) is 0 Å². The van der Waals surface area contributed by atoms with Gasteiger partial charge in [0.2, 0.25) is 0 Å². The summed E-state index contributed by atoms with van der Waals surface area (Å²) in [6.45, 7) is 1.96. The molecule has 1 aromatic rings. The number of rotatable bonds is 2. The molecule has 4 nitrogen and oxygen atoms in total. The van der Waals surface area contributed by atoms with E-state index in [1.165, 1.54) is 19.1 Å². The van der Waals surface area contributed by atoms with Crippen LogP contribution in [0.1, 0.15) is 17.3 Å². The van der Waals surface area contributed by atoms with Gasteiger partial charge >= 0.3 is 0 Å². The van der Waals surface area contributed by atoms with Crippen LogP contribution in [0.2, 0.25) is 0 Å². The van der Waals surface area contributed by atoms with Crippen LogP contribution >= 0.6 is 0 Å². The molecule has 0 aliphatic carbocycles. The van der Waals surface area contributed by atoms with Crippen molar-refractivity contribution < 1.29 is 17.6 Å². The quantitative estimate of drug-likeness (QED) is 0.760. The predicted octanol–water partition coefficient (Wildman–Crippen LogP) is 1.26. The number of halogens is 1. The molecule has 0 amide bonds. The Morgan fingerprint density at radius 3 is 2.39 bits per heavy atom. The average molecular weight is 271 g/mol. The third-order valence-electron chi connectivity index (χ3n) is 3.04. The molecule has 1 saturated heterocycles. The smallest absolute Gasteiger partial charge is 0.159 e. The third kappa shape index (κ3) is 2.69. The Balaban J connectivity index is 2.22. The lowest BCUT2D eigenvalue weighted by atomic mass is 10.1. The highest BCUT2D eigenvalue weighted by Crippen LogP contribution is 2.22. The van der Waals surface area contributed by atoms with Crippen molar-refractivity contribution in [3.63, 3.8) is 0 Å². The maximum Gasteiger partial charge on any atom is 0.159 e. The maximum atomic E-state index is 13.8. The summed E-state index contributed by atoms with van der Waals surface area (Å²) in [6.07, 6.45) is 0. The average Bonchev–Trinajstić information content (AvgIpc) is 2.29. The standard InChI is InChI=1S/C12H14FNO3S/c1-9(15)10-2-3-12(11(13)8-10)14-4-6-18(16,17)7-5-14/h2-3,8H,4-7H2,1H3. The largest absolute Gasteiger partial charge is 0.367 e. The van der Waals surface area contributed by atoms with Gasteiger partial charge in [-0.05, 0) is 25.1 Å². The normalized spacial score (nSPS) is 18.7. The Morgan fingerprint density at radius 2 is 1.89 bits per heavy atom. The van der Waals surface area contributed by atoms with Gasteiger partial charge in [0.1, 0.15) is 5.82 Å². The minimum Gasteiger partial charge on any atom is -0.367 e. The zero-order valence-corrected chi connectivity index (χ0v) is 10.8. The van der Waals surface area contributed by atoms with Gasteiger partial charge in [-0.1, -0.05) is 0 Å². The molecular formula is C12H14FNO3S. The fraction of sp³-hybridized carbons (Fsp3) is 0.417. The van der Waals surface area contributed by atoms with Crippen molar-refractivity contribution in [3.05, 3.63) is 29.6 Å². The Hall–Kier alpha value is -1.43. The topological polar surface area (TPSA) is 54.5 Å². The van der Waals surface area contributed by atoms with Crippen molar-refractivity contribution in [2.45, 2.75) is 6.92 Å². The molecule has 0 saturated carbocycles. The summed E-state index contributed by atoms with van der Waals surface area (Å²) in [5, 5.41) is 0. The van der Waals surface area contributed by atoms with E-state index in [1.807, 2.05) is 0 Å². The van der Waals surface area contributed by atoms with Gasteiger partial charge in [-0.15, -0.1) is 0 Å². The monoisotopic (exact) mass is 271 g/mol. The number of carbonyl (C=O) groups is 1. The first kappa shape index (κ1) is 13.0. The lowest BCUT2D eigenvalue weighted by molar-refractivity contribution is 0.101. The first-order chi connectivity index (χ1) is 8.39. The fourth-order valence-electron chi connectivity index (χ4n) is 1.94. The van der Waals surface area contributed by atoms with E-state index in [4.69, 9.17) is 0 Å². The molecule has 0 spiro atoms. The zero-order chi connectivity index (χ0) is 13.3. The highest BCUT2D eigenvalue weighted by Gasteiger charge is 2.23. The summed E-state index contributed by atoms with van der Waals surface area (Å²) in [6, 6.07) is 4.29. The molecule has 0 radical (unpaired) electrons. The first-order valence-corrected chi connectivity index (χ1v) is 7.47. The van der Waals surface area contributed by atoms with Crippen molar-refractivity contribution >= 4 is 21.3 Å². The number of Topliss-reactive ketones (excluding diaryl/α,β-unsaturated/α-hetero) is 1. The summed E-state index contributed by atoms with van der Waals surface area (Å²) in [7, 11) is -2.98. The maximum absolute atomic E-state index is 13.8. The van der Waals surface area contributed by atoms with Crippen LogP contribution in [0.5, 0.6) is 0 Å². The third-order valence-corrected chi connectivity index (χ3v) is 4.65. The van der Waals surface area contributed by atoms with Crippen molar-refractivity contribution in [2.75, 3.05) is 29.5 Å². The second-order valence-corrected chi connectivity index (χ2v) is 6.66. The van der Waals surface area contributed by atoms with E-state index in [2.05, 4.69) is 0 Å². The van der Waals surface area contributed by atoms with Crippen LogP contribution in [0.4, 0.5) is 10.1 Å². The van der Waals surface area contributed by atoms with Crippen molar-refractivity contribution in [1.82, 2.24) is 0 Å². The summed E-state index contributed by atoms with van der Waals surface area (Å²) in [5.41, 5.74) is 0.677. The number of nitrogens with zero attached hydrogens (tertiary/aromatic N) is 1. The van der Waals surface area contributed by atoms with Crippen molar-refractivity contribution in [2.24, 2.45) is 0 Å². The van der Waals surface area contributed by atoms with Gasteiger partial charge in [0.15, 0.2) is 15.6 Å². The highest BCUT2D eigenvalue weighted by atomic mass is 32.2. The van der Waals surface area contributed by atoms with Gasteiger partial charge in [0.05, 0.1) is 17.2 Å². The van der Waals surface area contributed by atoms with Crippen LogP contribution in [0.25, 0.3) is 0 Å². The second-order valence-electron chi connectivity index (χ2n) is 4.36. The lowest BCUT2D eigenvalue weighted by Crippen LogP contribution is -2.40. The van der Waals surface area contributed by atoms with Gasteiger partial charge < -0.3 is 4.90 Å². The molecule has 18 heavy (non-hydrogen) atoms. The van der Waals surface area contributed by atoms with Gasteiger partial charge in [-0.3, -0.25) is 4.79 Å². The number of sulfone groups is 1. The number of anilines is 1. The molecular weight excluding hydrogens is 257 g/mol. The van der Waals surface area contributed by atoms with Gasteiger partial charge in [-0.25, -0.2) is 12.8 Å². The summed E-state index contributed by atoms with van der Waals surface area (Å²) in [5.74, 6) is -0.592. The Bertz CT molecular complexity index is 569. The highest BCUT2D eigenvalue weighted by molar-refractivity contribution is 7.91. The molecule has 6 heteroatoms. The SMILES string of the molecule is CC(=O)c1ccc(N2CCS(=O)(=O)CC2)c(F)c1. The van der Waals surface area contributed by atoms with Crippen molar-refractivity contribution in [1.29, 1.82) is 0 Å². The Kier molecular flexibility index (Phi) is 3.38. The summed E-state index contributed by atoms with van der Waals surface area (Å²) >= 11 is 0. The molecule has 0 bridgehead atoms. The molecule has 1 heterocycles. The number of benzene rings is 1. The van der Waals surface area contributed by atoms with Gasteiger partial charge in [-0.2, -0.15) is 0 Å². The molecule has 1 aliphatic heterocycles. The molecule has 0 unspecified atom stereocenters. The number of hydrogen-bond donors (Lipinski definition) is 0. The van der Waals surface area contributed by atoms with Crippen LogP contribution in [0.15, 0.2) is 18.2 Å². The fourth-order valence-corrected chi connectivity index (χ4v) is 3.14. The summed E-state index contributed by atoms with van der Waals surface area (Å²) < 4.78 is 36.4. The van der Waals surface area contributed by atoms with Gasteiger partial charge in [0, 0.05) is 18.7 Å². The number of ketones is 1. The van der Waals surface area contributed by atoms with Gasteiger partial charge in [0.25, 0.3) is 0 Å².